The van der Waals surface area contributed by atoms with Crippen molar-refractivity contribution in [3.05, 3.63) is 35.4 Å². The molecule has 0 saturated heterocycles. The number of benzene rings is 1. The Kier molecular flexibility index (Phi) is 6.90. The largest absolute Gasteiger partial charge is 0.507 e. The van der Waals surface area contributed by atoms with E-state index >= 15 is 0 Å². The van der Waals surface area contributed by atoms with Gasteiger partial charge in [0, 0.05) is 31.5 Å². The van der Waals surface area contributed by atoms with Crippen LogP contribution in [0.4, 0.5) is 0 Å². The summed E-state index contributed by atoms with van der Waals surface area (Å²) < 4.78 is 5.00. The maximum Gasteiger partial charge on any atom is 0.345 e. The maximum absolute atomic E-state index is 11.9. The van der Waals surface area contributed by atoms with E-state index < -0.39 is 41.1 Å². The molecule has 0 spiro atoms. The zero-order valence-corrected chi connectivity index (χ0v) is 15.4. The van der Waals surface area contributed by atoms with Crippen LogP contribution in [0.15, 0.2) is 24.3 Å². The Morgan fingerprint density at radius 3 is 2.14 bits per heavy atom. The van der Waals surface area contributed by atoms with Gasteiger partial charge in [-0.2, -0.15) is 0 Å². The first-order valence-corrected chi connectivity index (χ1v) is 8.43. The van der Waals surface area contributed by atoms with Crippen LogP contribution in [0.2, 0.25) is 0 Å². The minimum absolute atomic E-state index is 0.0169. The van der Waals surface area contributed by atoms with Crippen molar-refractivity contribution in [2.45, 2.75) is 25.8 Å². The number of phenolic OH excluding ortho intramolecular Hbond substituents is 2. The fourth-order valence-electron chi connectivity index (χ4n) is 2.41. The summed E-state index contributed by atoms with van der Waals surface area (Å²) in [7, 11) is 1.11. The quantitative estimate of drug-likeness (QED) is 0.391. The van der Waals surface area contributed by atoms with Gasteiger partial charge in [-0.05, 0) is 24.1 Å². The fourth-order valence-corrected chi connectivity index (χ4v) is 2.41. The van der Waals surface area contributed by atoms with Crippen molar-refractivity contribution in [3.8, 4) is 23.3 Å². The molecule has 0 unspecified atom stereocenters. The van der Waals surface area contributed by atoms with Crippen LogP contribution < -0.4 is 10.2 Å². The number of hydrogen-bond donors (Lipinski definition) is 5. The standard InChI is InChI=1S/C18H20N2O9/c1-28-18(27)17-11(21)7-10(8-12(17)22)9-19-13(23)3-2-4-16(26)29-20-14(24)5-6-15(20)25/h5-8,21-22,24-25H,2-4,9H2,1H3,(H,19,23). The van der Waals surface area contributed by atoms with E-state index in [1.807, 2.05) is 0 Å². The number of phenols is 2. The van der Waals surface area contributed by atoms with E-state index in [-0.39, 0.29) is 31.4 Å². The predicted molar refractivity (Wildman–Crippen MR) is 96.2 cm³/mol. The number of nitrogens with one attached hydrogen (secondary N) is 1. The Labute approximate surface area is 164 Å². The number of rotatable bonds is 8. The first kappa shape index (κ1) is 21.4. The fraction of sp³-hybridized carbons (Fsp3) is 0.278. The third-order valence-electron chi connectivity index (χ3n) is 3.81. The molecule has 0 saturated carbocycles. The van der Waals surface area contributed by atoms with Gasteiger partial charge < -0.3 is 35.3 Å². The van der Waals surface area contributed by atoms with E-state index in [1.54, 1.807) is 0 Å². The second-order valence-corrected chi connectivity index (χ2v) is 5.94. The van der Waals surface area contributed by atoms with Gasteiger partial charge in [0.1, 0.15) is 17.1 Å². The van der Waals surface area contributed by atoms with Crippen LogP contribution in [0.3, 0.4) is 0 Å². The molecule has 0 aliphatic carbocycles. The third-order valence-corrected chi connectivity index (χ3v) is 3.81. The van der Waals surface area contributed by atoms with Gasteiger partial charge in [-0.1, -0.05) is 0 Å². The highest BCUT2D eigenvalue weighted by molar-refractivity contribution is 5.95. The summed E-state index contributed by atoms with van der Waals surface area (Å²) in [5.74, 6) is -3.92. The van der Waals surface area contributed by atoms with Gasteiger partial charge in [0.05, 0.1) is 7.11 Å². The lowest BCUT2D eigenvalue weighted by Gasteiger charge is -2.10. The molecule has 5 N–H and O–H groups in total. The molecular weight excluding hydrogens is 388 g/mol. The van der Waals surface area contributed by atoms with Crippen molar-refractivity contribution in [2.75, 3.05) is 7.11 Å². The van der Waals surface area contributed by atoms with Gasteiger partial charge in [0.25, 0.3) is 0 Å². The Morgan fingerprint density at radius 1 is 1.00 bits per heavy atom. The lowest BCUT2D eigenvalue weighted by atomic mass is 10.1. The molecule has 1 aromatic carbocycles. The van der Waals surface area contributed by atoms with Crippen LogP contribution in [0, 0.1) is 0 Å². The van der Waals surface area contributed by atoms with Crippen LogP contribution in [0.5, 0.6) is 23.3 Å². The van der Waals surface area contributed by atoms with Crippen molar-refractivity contribution in [1.82, 2.24) is 10.0 Å². The maximum atomic E-state index is 11.9. The van der Waals surface area contributed by atoms with E-state index in [2.05, 4.69) is 10.1 Å². The second-order valence-electron chi connectivity index (χ2n) is 5.94. The molecule has 0 bridgehead atoms. The Morgan fingerprint density at radius 2 is 1.59 bits per heavy atom. The van der Waals surface area contributed by atoms with Crippen molar-refractivity contribution in [1.29, 1.82) is 0 Å². The lowest BCUT2D eigenvalue weighted by Crippen LogP contribution is -2.23. The molecular formula is C18H20N2O9. The lowest BCUT2D eigenvalue weighted by molar-refractivity contribution is -0.145. The number of aromatic nitrogens is 1. The number of esters is 1. The van der Waals surface area contributed by atoms with Gasteiger partial charge in [-0.15, -0.1) is 4.73 Å². The first-order chi connectivity index (χ1) is 13.7. The number of nitrogens with zero attached hydrogens (tertiary/aromatic N) is 1. The number of amides is 1. The molecule has 29 heavy (non-hydrogen) atoms. The summed E-state index contributed by atoms with van der Waals surface area (Å²) in [4.78, 5) is 39.7. The average Bonchev–Trinajstić information content (AvgIpc) is 2.97. The zero-order chi connectivity index (χ0) is 21.6. The predicted octanol–water partition coefficient (Wildman–Crippen LogP) is 0.539. The van der Waals surface area contributed by atoms with Gasteiger partial charge in [-0.3, -0.25) is 4.79 Å². The van der Waals surface area contributed by atoms with Gasteiger partial charge in [-0.25, -0.2) is 9.59 Å². The van der Waals surface area contributed by atoms with E-state index in [1.165, 1.54) is 12.1 Å². The molecule has 1 amide bonds. The molecule has 1 heterocycles. The summed E-state index contributed by atoms with van der Waals surface area (Å²) in [6.07, 6.45) is -0.0118. The minimum atomic E-state index is -0.899. The molecule has 1 aromatic heterocycles. The monoisotopic (exact) mass is 408 g/mol. The third kappa shape index (κ3) is 5.54. The number of aromatic hydroxyl groups is 4. The van der Waals surface area contributed by atoms with E-state index in [9.17, 15) is 34.8 Å². The van der Waals surface area contributed by atoms with Gasteiger partial charge >= 0.3 is 11.9 Å². The Hall–Kier alpha value is -3.89. The molecule has 2 aromatic rings. The Balaban J connectivity index is 1.79. The summed E-state index contributed by atoms with van der Waals surface area (Å²) in [5.41, 5.74) is -0.0279. The summed E-state index contributed by atoms with van der Waals surface area (Å²) in [5, 5.41) is 40.9. The number of ether oxygens (including phenoxy) is 1. The number of carbonyl (C=O) groups excluding carboxylic acids is 3. The number of carbonyl (C=O) groups is 3. The molecule has 0 aliphatic heterocycles. The van der Waals surface area contributed by atoms with Crippen LogP contribution in [0.1, 0.15) is 35.2 Å². The van der Waals surface area contributed by atoms with Crippen LogP contribution in [-0.2, 0) is 20.9 Å². The molecule has 11 nitrogen and oxygen atoms in total. The van der Waals surface area contributed by atoms with Crippen LogP contribution in [0.25, 0.3) is 0 Å². The summed E-state index contributed by atoms with van der Waals surface area (Å²) >= 11 is 0. The number of hydrogen-bond acceptors (Lipinski definition) is 9. The molecule has 0 aliphatic rings. The number of methoxy groups -OCH3 is 1. The van der Waals surface area contributed by atoms with Gasteiger partial charge in [0.15, 0.2) is 0 Å². The highest BCUT2D eigenvalue weighted by atomic mass is 16.7. The highest BCUT2D eigenvalue weighted by Gasteiger charge is 2.18. The molecule has 0 atom stereocenters. The highest BCUT2D eigenvalue weighted by Crippen LogP contribution is 2.29. The van der Waals surface area contributed by atoms with Crippen molar-refractivity contribution in [3.63, 3.8) is 0 Å². The molecule has 0 fully saturated rings. The van der Waals surface area contributed by atoms with Crippen molar-refractivity contribution < 1.29 is 44.4 Å². The zero-order valence-electron chi connectivity index (χ0n) is 15.4. The van der Waals surface area contributed by atoms with Crippen LogP contribution in [-0.4, -0.2) is 50.1 Å². The molecule has 11 heteroatoms. The first-order valence-electron chi connectivity index (χ1n) is 8.43. The van der Waals surface area contributed by atoms with Crippen molar-refractivity contribution >= 4 is 17.8 Å². The second kappa shape index (κ2) is 9.35. The molecule has 2 rings (SSSR count). The van der Waals surface area contributed by atoms with Gasteiger partial charge in [0.2, 0.25) is 17.7 Å². The topological polar surface area (TPSA) is 168 Å². The molecule has 156 valence electrons. The SMILES string of the molecule is COC(=O)c1c(O)cc(CNC(=O)CCCC(=O)On2c(O)ccc2O)cc1O. The molecule has 0 radical (unpaired) electrons. The smallest absolute Gasteiger partial charge is 0.345 e. The van der Waals surface area contributed by atoms with E-state index in [0.29, 0.717) is 10.3 Å². The average molecular weight is 408 g/mol. The minimum Gasteiger partial charge on any atom is -0.507 e. The van der Waals surface area contributed by atoms with E-state index in [0.717, 1.165) is 19.2 Å². The summed E-state index contributed by atoms with van der Waals surface area (Å²) in [6, 6.07) is 4.70. The Bertz CT molecular complexity index is 878. The van der Waals surface area contributed by atoms with E-state index in [4.69, 9.17) is 4.84 Å². The summed E-state index contributed by atoms with van der Waals surface area (Å²) in [6.45, 7) is -0.0308. The van der Waals surface area contributed by atoms with Crippen LogP contribution >= 0.6 is 0 Å². The van der Waals surface area contributed by atoms with Crippen molar-refractivity contribution in [2.24, 2.45) is 0 Å². The normalized spacial score (nSPS) is 10.4.